The lowest BCUT2D eigenvalue weighted by atomic mass is 9.96. The van der Waals surface area contributed by atoms with Crippen LogP contribution in [0.3, 0.4) is 0 Å². The maximum atomic E-state index is 12.7. The smallest absolute Gasteiger partial charge is 0.227 e. The highest BCUT2D eigenvalue weighted by molar-refractivity contribution is 5.79. The van der Waals surface area contributed by atoms with Gasteiger partial charge in [-0.05, 0) is 18.9 Å². The molecule has 2 saturated heterocycles. The molecule has 1 aromatic rings. The van der Waals surface area contributed by atoms with Gasteiger partial charge in [-0.25, -0.2) is 4.98 Å². The van der Waals surface area contributed by atoms with E-state index in [1.54, 1.807) is 6.20 Å². The molecule has 3 heterocycles. The maximum absolute atomic E-state index is 12.7. The summed E-state index contributed by atoms with van der Waals surface area (Å²) in [5.74, 6) is 1.89. The van der Waals surface area contributed by atoms with Gasteiger partial charge in [0.15, 0.2) is 0 Å². The number of carbonyl (C=O) groups excluding carboxylic acids is 1. The van der Waals surface area contributed by atoms with Gasteiger partial charge in [-0.2, -0.15) is 4.98 Å². The van der Waals surface area contributed by atoms with E-state index in [0.717, 1.165) is 31.2 Å². The van der Waals surface area contributed by atoms with E-state index in [2.05, 4.69) is 14.9 Å². The molecule has 23 heavy (non-hydrogen) atoms. The summed E-state index contributed by atoms with van der Waals surface area (Å²) >= 11 is 0. The Kier molecular flexibility index (Phi) is 4.95. The number of hydrogen-bond acceptors (Lipinski definition) is 6. The normalized spacial score (nSPS) is 22.1. The van der Waals surface area contributed by atoms with Crippen LogP contribution >= 0.6 is 0 Å². The molecule has 0 saturated carbocycles. The van der Waals surface area contributed by atoms with Crippen LogP contribution in [0.25, 0.3) is 0 Å². The molecular weight excluding hydrogens is 294 g/mol. The van der Waals surface area contributed by atoms with Crippen LogP contribution in [-0.2, 0) is 9.53 Å². The highest BCUT2D eigenvalue weighted by Crippen LogP contribution is 2.23. The molecule has 0 aliphatic carbocycles. The van der Waals surface area contributed by atoms with Crippen molar-refractivity contribution >= 4 is 17.7 Å². The number of morpholine rings is 1. The van der Waals surface area contributed by atoms with Gasteiger partial charge < -0.3 is 19.4 Å². The van der Waals surface area contributed by atoms with Crippen LogP contribution in [-0.4, -0.2) is 74.3 Å². The van der Waals surface area contributed by atoms with Gasteiger partial charge in [0.05, 0.1) is 19.1 Å². The van der Waals surface area contributed by atoms with Crippen LogP contribution in [0, 0.1) is 5.92 Å². The van der Waals surface area contributed by atoms with E-state index in [4.69, 9.17) is 4.74 Å². The largest absolute Gasteiger partial charge is 0.378 e. The number of nitrogens with zero attached hydrogens (tertiary/aromatic N) is 5. The summed E-state index contributed by atoms with van der Waals surface area (Å²) in [6, 6.07) is 1.89. The Bertz CT molecular complexity index is 545. The first-order valence-electron chi connectivity index (χ1n) is 8.27. The van der Waals surface area contributed by atoms with Crippen LogP contribution in [0.2, 0.25) is 0 Å². The molecule has 0 aromatic carbocycles. The van der Waals surface area contributed by atoms with Gasteiger partial charge in [-0.15, -0.1) is 0 Å². The highest BCUT2D eigenvalue weighted by atomic mass is 16.5. The zero-order valence-corrected chi connectivity index (χ0v) is 13.9. The standard InChI is InChI=1S/C16H25N5O2/c1-19(2)14-5-6-17-16(18-14)21-7-3-4-13(12-21)15(22)20-8-10-23-11-9-20/h5-6,13H,3-4,7-12H2,1-2H3. The third kappa shape index (κ3) is 3.72. The van der Waals surface area contributed by atoms with E-state index >= 15 is 0 Å². The fourth-order valence-corrected chi connectivity index (χ4v) is 3.14. The Hall–Kier alpha value is -1.89. The first-order chi connectivity index (χ1) is 11.1. The van der Waals surface area contributed by atoms with Crippen molar-refractivity contribution in [2.24, 2.45) is 5.92 Å². The predicted molar refractivity (Wildman–Crippen MR) is 88.7 cm³/mol. The SMILES string of the molecule is CN(C)c1ccnc(N2CCCC(C(=O)N3CCOCC3)C2)n1. The van der Waals surface area contributed by atoms with Gasteiger partial charge in [-0.1, -0.05) is 0 Å². The number of rotatable bonds is 3. The van der Waals surface area contributed by atoms with E-state index in [1.165, 1.54) is 0 Å². The minimum absolute atomic E-state index is 0.0356. The lowest BCUT2D eigenvalue weighted by Gasteiger charge is -2.36. The van der Waals surface area contributed by atoms with E-state index in [-0.39, 0.29) is 11.8 Å². The molecule has 7 heteroatoms. The van der Waals surface area contributed by atoms with Crippen LogP contribution in [0.1, 0.15) is 12.8 Å². The molecule has 2 fully saturated rings. The van der Waals surface area contributed by atoms with Gasteiger partial charge in [0.2, 0.25) is 11.9 Å². The van der Waals surface area contributed by atoms with Crippen LogP contribution in [0.4, 0.5) is 11.8 Å². The minimum atomic E-state index is 0.0356. The Morgan fingerprint density at radius 2 is 2.09 bits per heavy atom. The first kappa shape index (κ1) is 16.0. The summed E-state index contributed by atoms with van der Waals surface area (Å²) < 4.78 is 5.33. The van der Waals surface area contributed by atoms with Crippen molar-refractivity contribution in [3.05, 3.63) is 12.3 Å². The molecule has 0 radical (unpaired) electrons. The molecule has 0 spiro atoms. The average Bonchev–Trinajstić information content (AvgIpc) is 2.62. The predicted octanol–water partition coefficient (Wildman–Crippen LogP) is 0.618. The summed E-state index contributed by atoms with van der Waals surface area (Å²) in [7, 11) is 3.93. The van der Waals surface area contributed by atoms with Crippen LogP contribution < -0.4 is 9.80 Å². The van der Waals surface area contributed by atoms with Crippen molar-refractivity contribution in [3.8, 4) is 0 Å². The third-order valence-electron chi connectivity index (χ3n) is 4.46. The van der Waals surface area contributed by atoms with Crippen molar-refractivity contribution in [3.63, 3.8) is 0 Å². The third-order valence-corrected chi connectivity index (χ3v) is 4.46. The van der Waals surface area contributed by atoms with E-state index in [0.29, 0.717) is 32.8 Å². The number of carbonyl (C=O) groups is 1. The zero-order valence-electron chi connectivity index (χ0n) is 13.9. The summed E-state index contributed by atoms with van der Waals surface area (Å²) in [6.07, 6.45) is 3.72. The van der Waals surface area contributed by atoms with Crippen molar-refractivity contribution in [2.45, 2.75) is 12.8 Å². The van der Waals surface area contributed by atoms with Gasteiger partial charge in [0.25, 0.3) is 0 Å². The lowest BCUT2D eigenvalue weighted by Crippen LogP contribution is -2.48. The minimum Gasteiger partial charge on any atom is -0.378 e. The summed E-state index contributed by atoms with van der Waals surface area (Å²) in [4.78, 5) is 27.7. The average molecular weight is 319 g/mol. The molecule has 1 atom stereocenters. The zero-order chi connectivity index (χ0) is 16.2. The van der Waals surface area contributed by atoms with Crippen molar-refractivity contribution in [2.75, 3.05) is 63.3 Å². The Balaban J connectivity index is 1.68. The van der Waals surface area contributed by atoms with Gasteiger partial charge in [0, 0.05) is 46.5 Å². The fourth-order valence-electron chi connectivity index (χ4n) is 3.14. The molecule has 1 unspecified atom stereocenters. The van der Waals surface area contributed by atoms with Crippen LogP contribution in [0.5, 0.6) is 0 Å². The molecule has 126 valence electrons. The van der Waals surface area contributed by atoms with Crippen molar-refractivity contribution < 1.29 is 9.53 Å². The van der Waals surface area contributed by atoms with Crippen molar-refractivity contribution in [1.82, 2.24) is 14.9 Å². The monoisotopic (exact) mass is 319 g/mol. The summed E-state index contributed by atoms with van der Waals surface area (Å²) in [5.41, 5.74) is 0. The Labute approximate surface area is 137 Å². The van der Waals surface area contributed by atoms with Crippen molar-refractivity contribution in [1.29, 1.82) is 0 Å². The molecule has 1 aromatic heterocycles. The molecule has 7 nitrogen and oxygen atoms in total. The molecule has 3 rings (SSSR count). The van der Waals surface area contributed by atoms with Crippen LogP contribution in [0.15, 0.2) is 12.3 Å². The summed E-state index contributed by atoms with van der Waals surface area (Å²) in [5, 5.41) is 0. The number of ether oxygens (including phenoxy) is 1. The molecule has 2 aliphatic rings. The second-order valence-corrected chi connectivity index (χ2v) is 6.33. The molecule has 0 N–H and O–H groups in total. The Morgan fingerprint density at radius 1 is 1.30 bits per heavy atom. The fraction of sp³-hybridized carbons (Fsp3) is 0.688. The lowest BCUT2D eigenvalue weighted by molar-refractivity contribution is -0.139. The topological polar surface area (TPSA) is 61.8 Å². The van der Waals surface area contributed by atoms with E-state index in [9.17, 15) is 4.79 Å². The Morgan fingerprint density at radius 3 is 2.83 bits per heavy atom. The molecule has 1 amide bonds. The molecule has 0 bridgehead atoms. The highest BCUT2D eigenvalue weighted by Gasteiger charge is 2.31. The van der Waals surface area contributed by atoms with Gasteiger partial charge in [0.1, 0.15) is 5.82 Å². The number of anilines is 2. The number of piperidine rings is 1. The second-order valence-electron chi connectivity index (χ2n) is 6.33. The molecular formula is C16H25N5O2. The first-order valence-corrected chi connectivity index (χ1v) is 8.27. The number of aromatic nitrogens is 2. The summed E-state index contributed by atoms with van der Waals surface area (Å²) in [6.45, 7) is 4.33. The van der Waals surface area contributed by atoms with Gasteiger partial charge in [-0.3, -0.25) is 4.79 Å². The van der Waals surface area contributed by atoms with Gasteiger partial charge >= 0.3 is 0 Å². The van der Waals surface area contributed by atoms with E-state index < -0.39 is 0 Å². The second kappa shape index (κ2) is 7.12. The molecule has 2 aliphatic heterocycles. The number of amides is 1. The van der Waals surface area contributed by atoms with E-state index in [1.807, 2.05) is 30.0 Å². The quantitative estimate of drug-likeness (QED) is 0.814. The number of hydrogen-bond donors (Lipinski definition) is 0. The maximum Gasteiger partial charge on any atom is 0.227 e.